The van der Waals surface area contributed by atoms with Crippen LogP contribution in [0.25, 0.3) is 0 Å². The predicted molar refractivity (Wildman–Crippen MR) is 81.1 cm³/mol. The van der Waals surface area contributed by atoms with Crippen LogP contribution in [0.1, 0.15) is 12.5 Å². The molecule has 0 aliphatic rings. The van der Waals surface area contributed by atoms with Crippen LogP contribution in [0.5, 0.6) is 5.75 Å². The van der Waals surface area contributed by atoms with Crippen molar-refractivity contribution in [1.29, 1.82) is 0 Å². The van der Waals surface area contributed by atoms with Crippen LogP contribution in [0.3, 0.4) is 0 Å². The first kappa shape index (κ1) is 14.1. The van der Waals surface area contributed by atoms with Crippen LogP contribution in [0.2, 0.25) is 0 Å². The molecule has 0 saturated carbocycles. The molecule has 0 atom stereocenters. The van der Waals surface area contributed by atoms with Gasteiger partial charge in [0, 0.05) is 12.2 Å². The quantitative estimate of drug-likeness (QED) is 0.832. The molecule has 2 rings (SSSR count). The summed E-state index contributed by atoms with van der Waals surface area (Å²) in [5.74, 6) is 0.683. The number of aryl methyl sites for hydroxylation is 1. The fourth-order valence-corrected chi connectivity index (χ4v) is 2.04. The van der Waals surface area contributed by atoms with E-state index in [1.807, 2.05) is 68.4 Å². The maximum absolute atomic E-state index is 12.2. The van der Waals surface area contributed by atoms with E-state index >= 15 is 0 Å². The molecule has 2 aromatic carbocycles. The number of rotatable bonds is 5. The number of anilines is 1. The van der Waals surface area contributed by atoms with E-state index in [1.165, 1.54) is 0 Å². The molecule has 0 N–H and O–H groups in total. The van der Waals surface area contributed by atoms with Gasteiger partial charge in [0.05, 0.1) is 0 Å². The Morgan fingerprint density at radius 2 is 1.85 bits per heavy atom. The fourth-order valence-electron chi connectivity index (χ4n) is 2.04. The van der Waals surface area contributed by atoms with Gasteiger partial charge in [0.25, 0.3) is 5.91 Å². The largest absolute Gasteiger partial charge is 0.484 e. The number of carbonyl (C=O) groups is 1. The molecule has 0 bridgehead atoms. The molecule has 0 spiro atoms. The zero-order chi connectivity index (χ0) is 14.4. The normalized spacial score (nSPS) is 10.1. The Balaban J connectivity index is 2.00. The molecule has 0 unspecified atom stereocenters. The molecule has 0 saturated heterocycles. The first-order chi connectivity index (χ1) is 9.70. The second-order valence-corrected chi connectivity index (χ2v) is 4.58. The molecule has 1 amide bonds. The molecular weight excluding hydrogens is 250 g/mol. The zero-order valence-electron chi connectivity index (χ0n) is 11.9. The standard InChI is InChI=1S/C17H19NO2/c1-3-18(15-9-5-4-6-10-15)17(19)13-20-16-11-7-8-14(2)12-16/h4-12H,3,13H2,1-2H3. The van der Waals surface area contributed by atoms with Crippen molar-refractivity contribution in [2.45, 2.75) is 13.8 Å². The van der Waals surface area contributed by atoms with Crippen LogP contribution in [0.4, 0.5) is 5.69 Å². The van der Waals surface area contributed by atoms with Gasteiger partial charge in [-0.05, 0) is 43.7 Å². The van der Waals surface area contributed by atoms with E-state index in [0.29, 0.717) is 6.54 Å². The molecule has 0 heterocycles. The lowest BCUT2D eigenvalue weighted by Gasteiger charge is -2.21. The van der Waals surface area contributed by atoms with Gasteiger partial charge in [0.2, 0.25) is 0 Å². The lowest BCUT2D eigenvalue weighted by molar-refractivity contribution is -0.120. The average molecular weight is 269 g/mol. The van der Waals surface area contributed by atoms with Crippen LogP contribution in [-0.4, -0.2) is 19.1 Å². The molecule has 0 aromatic heterocycles. The van der Waals surface area contributed by atoms with Crippen LogP contribution in [-0.2, 0) is 4.79 Å². The number of hydrogen-bond donors (Lipinski definition) is 0. The van der Waals surface area contributed by atoms with Crippen molar-refractivity contribution in [2.24, 2.45) is 0 Å². The summed E-state index contributed by atoms with van der Waals surface area (Å²) in [6.07, 6.45) is 0. The third-order valence-electron chi connectivity index (χ3n) is 3.04. The lowest BCUT2D eigenvalue weighted by Crippen LogP contribution is -2.34. The van der Waals surface area contributed by atoms with E-state index in [2.05, 4.69) is 0 Å². The SMILES string of the molecule is CCN(C(=O)COc1cccc(C)c1)c1ccccc1. The summed E-state index contributed by atoms with van der Waals surface area (Å²) in [6.45, 7) is 4.63. The number of benzene rings is 2. The van der Waals surface area contributed by atoms with Gasteiger partial charge < -0.3 is 9.64 Å². The number of nitrogens with zero attached hydrogens (tertiary/aromatic N) is 1. The van der Waals surface area contributed by atoms with Crippen LogP contribution >= 0.6 is 0 Å². The van der Waals surface area contributed by atoms with Crippen molar-refractivity contribution in [3.05, 3.63) is 60.2 Å². The highest BCUT2D eigenvalue weighted by molar-refractivity contribution is 5.94. The van der Waals surface area contributed by atoms with Gasteiger partial charge in [-0.3, -0.25) is 4.79 Å². The Hall–Kier alpha value is -2.29. The van der Waals surface area contributed by atoms with Crippen LogP contribution < -0.4 is 9.64 Å². The van der Waals surface area contributed by atoms with Gasteiger partial charge in [-0.15, -0.1) is 0 Å². The van der Waals surface area contributed by atoms with Gasteiger partial charge in [0.15, 0.2) is 6.61 Å². The monoisotopic (exact) mass is 269 g/mol. The molecule has 0 aliphatic heterocycles. The molecule has 0 fully saturated rings. The molecule has 3 nitrogen and oxygen atoms in total. The molecule has 104 valence electrons. The number of carbonyl (C=O) groups excluding carboxylic acids is 1. The predicted octanol–water partition coefficient (Wildman–Crippen LogP) is 3.43. The van der Waals surface area contributed by atoms with Crippen molar-refractivity contribution in [2.75, 3.05) is 18.1 Å². The topological polar surface area (TPSA) is 29.5 Å². The molecule has 2 aromatic rings. The minimum absolute atomic E-state index is 0.0415. The Labute approximate surface area is 119 Å². The first-order valence-corrected chi connectivity index (χ1v) is 6.75. The smallest absolute Gasteiger partial charge is 0.264 e. The number of hydrogen-bond acceptors (Lipinski definition) is 2. The second kappa shape index (κ2) is 6.75. The molecule has 0 radical (unpaired) electrons. The Bertz CT molecular complexity index is 566. The Kier molecular flexibility index (Phi) is 4.77. The van der Waals surface area contributed by atoms with E-state index in [-0.39, 0.29) is 12.5 Å². The summed E-state index contributed by atoms with van der Waals surface area (Å²) in [4.78, 5) is 14.0. The summed E-state index contributed by atoms with van der Waals surface area (Å²) < 4.78 is 5.56. The third-order valence-corrected chi connectivity index (χ3v) is 3.04. The summed E-state index contributed by atoms with van der Waals surface area (Å²) >= 11 is 0. The zero-order valence-corrected chi connectivity index (χ0v) is 11.9. The van der Waals surface area contributed by atoms with Crippen molar-refractivity contribution in [1.82, 2.24) is 0 Å². The van der Waals surface area contributed by atoms with Gasteiger partial charge >= 0.3 is 0 Å². The lowest BCUT2D eigenvalue weighted by atomic mass is 10.2. The third kappa shape index (κ3) is 3.60. The van der Waals surface area contributed by atoms with Gasteiger partial charge in [0.1, 0.15) is 5.75 Å². The highest BCUT2D eigenvalue weighted by Crippen LogP contribution is 2.15. The van der Waals surface area contributed by atoms with Crippen molar-refractivity contribution >= 4 is 11.6 Å². The highest BCUT2D eigenvalue weighted by Gasteiger charge is 2.14. The first-order valence-electron chi connectivity index (χ1n) is 6.75. The minimum Gasteiger partial charge on any atom is -0.484 e. The van der Waals surface area contributed by atoms with Gasteiger partial charge in [-0.25, -0.2) is 0 Å². The second-order valence-electron chi connectivity index (χ2n) is 4.58. The fraction of sp³-hybridized carbons (Fsp3) is 0.235. The Morgan fingerprint density at radius 3 is 2.50 bits per heavy atom. The highest BCUT2D eigenvalue weighted by atomic mass is 16.5. The van der Waals surface area contributed by atoms with Gasteiger partial charge in [-0.1, -0.05) is 30.3 Å². The molecule has 3 heteroatoms. The van der Waals surface area contributed by atoms with Crippen molar-refractivity contribution in [3.63, 3.8) is 0 Å². The van der Waals surface area contributed by atoms with Crippen molar-refractivity contribution in [3.8, 4) is 5.75 Å². The van der Waals surface area contributed by atoms with Crippen LogP contribution in [0.15, 0.2) is 54.6 Å². The molecular formula is C17H19NO2. The summed E-state index contributed by atoms with van der Waals surface area (Å²) in [7, 11) is 0. The van der Waals surface area contributed by atoms with Crippen LogP contribution in [0, 0.1) is 6.92 Å². The number of para-hydroxylation sites is 1. The van der Waals surface area contributed by atoms with E-state index < -0.39 is 0 Å². The maximum atomic E-state index is 12.2. The van der Waals surface area contributed by atoms with Crippen molar-refractivity contribution < 1.29 is 9.53 Å². The van der Waals surface area contributed by atoms with E-state index in [4.69, 9.17) is 4.74 Å². The molecule has 20 heavy (non-hydrogen) atoms. The average Bonchev–Trinajstić information content (AvgIpc) is 2.47. The number of ether oxygens (including phenoxy) is 1. The van der Waals surface area contributed by atoms with E-state index in [0.717, 1.165) is 17.0 Å². The summed E-state index contributed by atoms with van der Waals surface area (Å²) in [5, 5.41) is 0. The summed E-state index contributed by atoms with van der Waals surface area (Å²) in [6, 6.07) is 17.3. The van der Waals surface area contributed by atoms with Gasteiger partial charge in [-0.2, -0.15) is 0 Å². The number of likely N-dealkylation sites (N-methyl/N-ethyl adjacent to an activating group) is 1. The minimum atomic E-state index is -0.0415. The maximum Gasteiger partial charge on any atom is 0.264 e. The summed E-state index contributed by atoms with van der Waals surface area (Å²) in [5.41, 5.74) is 2.01. The Morgan fingerprint density at radius 1 is 1.10 bits per heavy atom. The number of amides is 1. The molecule has 0 aliphatic carbocycles. The van der Waals surface area contributed by atoms with E-state index in [1.54, 1.807) is 4.90 Å². The van der Waals surface area contributed by atoms with E-state index in [9.17, 15) is 4.79 Å².